The van der Waals surface area contributed by atoms with Crippen LogP contribution in [-0.4, -0.2) is 10.6 Å². The minimum Gasteiger partial charge on any atom is -0.333 e. The average Bonchev–Trinajstić information content (AvgIpc) is 4.06. The van der Waals surface area contributed by atoms with E-state index in [1.54, 1.807) is 0 Å². The maximum absolute atomic E-state index is 2.54. The van der Waals surface area contributed by atoms with Crippen LogP contribution in [0.25, 0.3) is 56.0 Å². The Morgan fingerprint density at radius 1 is 0.435 bits per heavy atom. The van der Waals surface area contributed by atoms with Gasteiger partial charge in [-0.05, 0) is 140 Å². The zero-order valence-electron chi connectivity index (χ0n) is 39.4. The minimum absolute atomic E-state index is 0.116. The van der Waals surface area contributed by atoms with Crippen LogP contribution in [0, 0.1) is 0 Å². The highest BCUT2D eigenvalue weighted by Crippen LogP contribution is 2.55. The van der Waals surface area contributed by atoms with E-state index in [2.05, 4.69) is 267 Å². The van der Waals surface area contributed by atoms with E-state index >= 15 is 0 Å². The third kappa shape index (κ3) is 5.74. The monoisotopic (exact) mass is 885 g/mol. The maximum Gasteiger partial charge on any atom is 0.0650 e. The van der Waals surface area contributed by atoms with Gasteiger partial charge in [0.05, 0.1) is 17.5 Å². The lowest BCUT2D eigenvalue weighted by molar-refractivity contribution is 0.660. The zero-order chi connectivity index (χ0) is 46.2. The van der Waals surface area contributed by atoms with Crippen molar-refractivity contribution >= 4 is 45.4 Å². The largest absolute Gasteiger partial charge is 0.333 e. The molecule has 2 atom stereocenters. The lowest BCUT2D eigenvalue weighted by Crippen LogP contribution is -2.31. The van der Waals surface area contributed by atoms with Crippen molar-refractivity contribution in [3.63, 3.8) is 0 Å². The van der Waals surface area contributed by atoms with Crippen LogP contribution in [0.5, 0.6) is 0 Å². The molecule has 0 saturated heterocycles. The fourth-order valence-corrected chi connectivity index (χ4v) is 12.8. The molecule has 0 N–H and O–H groups in total. The molecule has 330 valence electrons. The second kappa shape index (κ2) is 14.7. The van der Waals surface area contributed by atoms with Gasteiger partial charge in [0.1, 0.15) is 0 Å². The quantitative estimate of drug-likeness (QED) is 0.165. The lowest BCUT2D eigenvalue weighted by atomic mass is 9.82. The maximum atomic E-state index is 2.54. The second-order valence-corrected chi connectivity index (χ2v) is 20.5. The van der Waals surface area contributed by atoms with Gasteiger partial charge < -0.3 is 14.4 Å². The molecule has 0 bridgehead atoms. The molecular formula is C66H51N3. The van der Waals surface area contributed by atoms with Gasteiger partial charge in [0.2, 0.25) is 0 Å². The van der Waals surface area contributed by atoms with Crippen molar-refractivity contribution in [2.24, 2.45) is 0 Å². The Morgan fingerprint density at radius 3 is 1.59 bits per heavy atom. The van der Waals surface area contributed by atoms with Crippen molar-refractivity contribution in [3.05, 3.63) is 257 Å². The van der Waals surface area contributed by atoms with Gasteiger partial charge in [0.25, 0.3) is 0 Å². The van der Waals surface area contributed by atoms with E-state index in [4.69, 9.17) is 0 Å². The van der Waals surface area contributed by atoms with Crippen molar-refractivity contribution in [1.82, 2.24) is 4.57 Å². The molecule has 3 heteroatoms. The van der Waals surface area contributed by atoms with Gasteiger partial charge >= 0.3 is 0 Å². The van der Waals surface area contributed by atoms with E-state index in [0.717, 1.165) is 17.1 Å². The Kier molecular flexibility index (Phi) is 8.50. The average molecular weight is 886 g/mol. The number of benzene rings is 9. The Hall–Kier alpha value is -8.14. The summed E-state index contributed by atoms with van der Waals surface area (Å²) < 4.78 is 2.54. The fraction of sp³-hybridized carbons (Fsp3) is 0.121. The van der Waals surface area contributed by atoms with Crippen LogP contribution >= 0.6 is 0 Å². The van der Waals surface area contributed by atoms with Crippen LogP contribution in [0.4, 0.5) is 28.4 Å². The number of hydrogen-bond acceptors (Lipinski definition) is 2. The molecule has 0 radical (unpaired) electrons. The molecule has 9 aromatic carbocycles. The van der Waals surface area contributed by atoms with Crippen LogP contribution in [0.1, 0.15) is 72.7 Å². The number of nitrogens with zero attached hydrogens (tertiary/aromatic N) is 3. The molecule has 2 unspecified atom stereocenters. The highest BCUT2D eigenvalue weighted by molar-refractivity contribution is 5.98. The Balaban J connectivity index is 0.897. The van der Waals surface area contributed by atoms with Crippen LogP contribution in [-0.2, 0) is 10.8 Å². The molecule has 1 aliphatic heterocycles. The predicted octanol–water partition coefficient (Wildman–Crippen LogP) is 17.1. The standard InChI is InChI=1S/C66H51N3/c1-65(2)56-24-14-11-21-49(56)51-34-32-47(40-58(51)65)67(48-33-35-52-50-22-12-15-25-57(50)66(3,4)59(52)41-48)46-30-27-42(28-31-46)43-29-37-61-55(39-43)53-36-38-62-63(64(53)69(61)45-19-9-6-10-20-45)54-23-13-16-26-60(54)68(62)44-17-7-5-8-18-44/h5-41,62-63H,1-4H3. The fourth-order valence-electron chi connectivity index (χ4n) is 12.8. The number of anilines is 5. The van der Waals surface area contributed by atoms with Crippen LogP contribution in [0.15, 0.2) is 218 Å². The Bertz CT molecular complexity index is 3630. The van der Waals surface area contributed by atoms with Crippen molar-refractivity contribution in [2.75, 3.05) is 9.80 Å². The summed E-state index contributed by atoms with van der Waals surface area (Å²) in [4.78, 5) is 5.01. The van der Waals surface area contributed by atoms with Gasteiger partial charge in [-0.3, -0.25) is 0 Å². The normalized spacial score (nSPS) is 17.1. The summed E-state index contributed by atoms with van der Waals surface area (Å²) in [6.45, 7) is 9.49. The van der Waals surface area contributed by atoms with Crippen LogP contribution < -0.4 is 9.80 Å². The van der Waals surface area contributed by atoms with Crippen LogP contribution in [0.3, 0.4) is 0 Å². The molecule has 1 aromatic heterocycles. The van der Waals surface area contributed by atoms with E-state index in [1.807, 2.05) is 0 Å². The van der Waals surface area contributed by atoms with E-state index in [0.29, 0.717) is 0 Å². The first-order valence-corrected chi connectivity index (χ1v) is 24.5. The van der Waals surface area contributed by atoms with Crippen molar-refractivity contribution < 1.29 is 0 Å². The van der Waals surface area contributed by atoms with Gasteiger partial charge in [-0.2, -0.15) is 0 Å². The summed E-state index contributed by atoms with van der Waals surface area (Å²) in [6, 6.07) is 79.5. The summed E-state index contributed by atoms with van der Waals surface area (Å²) in [5.74, 6) is 0.153. The van der Waals surface area contributed by atoms with Gasteiger partial charge in [0, 0.05) is 61.6 Å². The summed E-state index contributed by atoms with van der Waals surface area (Å²) in [5, 5.41) is 1.27. The highest BCUT2D eigenvalue weighted by atomic mass is 15.2. The van der Waals surface area contributed by atoms with Gasteiger partial charge in [0.15, 0.2) is 0 Å². The highest BCUT2D eigenvalue weighted by Gasteiger charge is 2.44. The van der Waals surface area contributed by atoms with E-state index in [-0.39, 0.29) is 22.8 Å². The molecular weight excluding hydrogens is 835 g/mol. The zero-order valence-corrected chi connectivity index (χ0v) is 39.4. The summed E-state index contributed by atoms with van der Waals surface area (Å²) in [5.41, 5.74) is 25.4. The van der Waals surface area contributed by atoms with Gasteiger partial charge in [-0.15, -0.1) is 0 Å². The molecule has 0 amide bonds. The lowest BCUT2D eigenvalue weighted by Gasteiger charge is -2.31. The molecule has 0 fully saturated rings. The molecule has 2 heterocycles. The summed E-state index contributed by atoms with van der Waals surface area (Å²) in [6.07, 6.45) is 4.85. The van der Waals surface area contributed by atoms with Crippen LogP contribution in [0.2, 0.25) is 0 Å². The SMILES string of the molecule is CC1(C)c2ccccc2-c2ccc(N(c3ccc(-c4ccc5c(c4)c4c(n5-c5ccccc5)C5c6ccccc6N(c6ccccc6)C5C=C4)cc3)c3ccc4c(c3)C(C)(C)c3ccccc3-4)cc21. The second-order valence-electron chi connectivity index (χ2n) is 20.5. The molecule has 3 aliphatic carbocycles. The number of para-hydroxylation sites is 3. The predicted molar refractivity (Wildman–Crippen MR) is 288 cm³/mol. The number of aromatic nitrogens is 1. The molecule has 14 rings (SSSR count). The Morgan fingerprint density at radius 2 is 0.957 bits per heavy atom. The van der Waals surface area contributed by atoms with Gasteiger partial charge in [-0.25, -0.2) is 0 Å². The number of rotatable bonds is 6. The van der Waals surface area contributed by atoms with Gasteiger partial charge in [-0.1, -0.05) is 173 Å². The number of hydrogen-bond donors (Lipinski definition) is 0. The molecule has 4 aliphatic rings. The first-order valence-electron chi connectivity index (χ1n) is 24.5. The van der Waals surface area contributed by atoms with Crippen molar-refractivity contribution in [1.29, 1.82) is 0 Å². The molecule has 3 nitrogen and oxygen atoms in total. The van der Waals surface area contributed by atoms with E-state index in [1.165, 1.54) is 100 Å². The third-order valence-electron chi connectivity index (χ3n) is 16.1. The first-order chi connectivity index (χ1) is 33.8. The first kappa shape index (κ1) is 40.0. The van der Waals surface area contributed by atoms with E-state index < -0.39 is 0 Å². The smallest absolute Gasteiger partial charge is 0.0650 e. The Labute approximate surface area is 404 Å². The number of fused-ring (bicyclic) bond motifs is 13. The van der Waals surface area contributed by atoms with Crippen molar-refractivity contribution in [2.45, 2.75) is 50.5 Å². The third-order valence-corrected chi connectivity index (χ3v) is 16.1. The van der Waals surface area contributed by atoms with E-state index in [9.17, 15) is 0 Å². The van der Waals surface area contributed by atoms with Crippen molar-refractivity contribution in [3.8, 4) is 39.1 Å². The topological polar surface area (TPSA) is 11.4 Å². The molecule has 69 heavy (non-hydrogen) atoms. The molecule has 0 saturated carbocycles. The molecule has 10 aromatic rings. The summed E-state index contributed by atoms with van der Waals surface area (Å²) >= 11 is 0. The minimum atomic E-state index is -0.116. The molecule has 0 spiro atoms. The summed E-state index contributed by atoms with van der Waals surface area (Å²) in [7, 11) is 0.